The first-order valence-corrected chi connectivity index (χ1v) is 9.75. The molecule has 3 aromatic rings. The van der Waals surface area contributed by atoms with Crippen LogP contribution in [-0.4, -0.2) is 29.4 Å². The van der Waals surface area contributed by atoms with Gasteiger partial charge in [0.1, 0.15) is 5.69 Å². The van der Waals surface area contributed by atoms with Crippen LogP contribution in [0.3, 0.4) is 0 Å². The molecule has 1 unspecified atom stereocenters. The summed E-state index contributed by atoms with van der Waals surface area (Å²) in [4.78, 5) is 26.2. The molecule has 1 atom stereocenters. The number of nitrogens with zero attached hydrogens (tertiary/aromatic N) is 3. The molecule has 0 aliphatic rings. The SMILES string of the molecule is Cc1c(N(C)C(c2cccoc2=O)S(=O)(=O)O)c(=O)n(-c2ccccc2)n1C. The van der Waals surface area contributed by atoms with Crippen LogP contribution in [0, 0.1) is 6.92 Å². The summed E-state index contributed by atoms with van der Waals surface area (Å²) < 4.78 is 41.7. The Morgan fingerprint density at radius 2 is 1.75 bits per heavy atom. The first kappa shape index (κ1) is 19.6. The van der Waals surface area contributed by atoms with E-state index in [0.29, 0.717) is 11.4 Å². The molecule has 0 spiro atoms. The van der Waals surface area contributed by atoms with E-state index in [1.165, 1.54) is 23.9 Å². The van der Waals surface area contributed by atoms with Crippen molar-refractivity contribution in [2.75, 3.05) is 11.9 Å². The van der Waals surface area contributed by atoms with E-state index in [2.05, 4.69) is 0 Å². The normalized spacial score (nSPS) is 12.7. The lowest BCUT2D eigenvalue weighted by Crippen LogP contribution is -2.36. The summed E-state index contributed by atoms with van der Waals surface area (Å²) in [7, 11) is -1.80. The average Bonchev–Trinajstić information content (AvgIpc) is 2.85. The Hall–Kier alpha value is -3.11. The van der Waals surface area contributed by atoms with Gasteiger partial charge in [-0.25, -0.2) is 9.48 Å². The van der Waals surface area contributed by atoms with E-state index >= 15 is 0 Å². The maximum atomic E-state index is 13.1. The number of aromatic nitrogens is 2. The molecule has 0 amide bonds. The van der Waals surface area contributed by atoms with Crippen LogP contribution in [0.2, 0.25) is 0 Å². The Bertz CT molecular complexity index is 1220. The molecule has 0 fully saturated rings. The highest BCUT2D eigenvalue weighted by molar-refractivity contribution is 7.86. The molecule has 2 heterocycles. The number of hydrogen-bond donors (Lipinski definition) is 1. The summed E-state index contributed by atoms with van der Waals surface area (Å²) >= 11 is 0. The minimum absolute atomic E-state index is 0.0252. The molecule has 0 radical (unpaired) electrons. The Morgan fingerprint density at radius 1 is 1.11 bits per heavy atom. The predicted molar refractivity (Wildman–Crippen MR) is 103 cm³/mol. The van der Waals surface area contributed by atoms with Gasteiger partial charge in [0.25, 0.3) is 15.7 Å². The van der Waals surface area contributed by atoms with Crippen molar-refractivity contribution in [3.05, 3.63) is 80.8 Å². The van der Waals surface area contributed by atoms with Crippen molar-refractivity contribution in [3.63, 3.8) is 0 Å². The number of anilines is 1. The van der Waals surface area contributed by atoms with E-state index in [9.17, 15) is 22.6 Å². The lowest BCUT2D eigenvalue weighted by Gasteiger charge is -2.25. The largest absolute Gasteiger partial charge is 0.431 e. The topological polar surface area (TPSA) is 115 Å². The maximum absolute atomic E-state index is 13.1. The fraction of sp³-hybridized carbons (Fsp3) is 0.222. The maximum Gasteiger partial charge on any atom is 0.342 e. The van der Waals surface area contributed by atoms with Crippen molar-refractivity contribution in [1.82, 2.24) is 9.36 Å². The lowest BCUT2D eigenvalue weighted by atomic mass is 10.2. The number of rotatable bonds is 5. The summed E-state index contributed by atoms with van der Waals surface area (Å²) in [6, 6.07) is 11.4. The van der Waals surface area contributed by atoms with Crippen molar-refractivity contribution in [2.45, 2.75) is 12.3 Å². The molecule has 148 valence electrons. The van der Waals surface area contributed by atoms with Gasteiger partial charge in [0.2, 0.25) is 0 Å². The summed E-state index contributed by atoms with van der Waals surface area (Å²) in [5.74, 6) is 0. The van der Waals surface area contributed by atoms with Crippen molar-refractivity contribution < 1.29 is 17.4 Å². The monoisotopic (exact) mass is 405 g/mol. The van der Waals surface area contributed by atoms with Crippen LogP contribution < -0.4 is 16.1 Å². The van der Waals surface area contributed by atoms with Crippen molar-refractivity contribution in [1.29, 1.82) is 0 Å². The lowest BCUT2D eigenvalue weighted by molar-refractivity contribution is 0.457. The highest BCUT2D eigenvalue weighted by atomic mass is 32.2. The van der Waals surface area contributed by atoms with Gasteiger partial charge < -0.3 is 9.32 Å². The second-order valence-corrected chi connectivity index (χ2v) is 7.72. The van der Waals surface area contributed by atoms with E-state index in [4.69, 9.17) is 4.42 Å². The van der Waals surface area contributed by atoms with Gasteiger partial charge in [-0.2, -0.15) is 8.42 Å². The number of benzene rings is 1. The second-order valence-electron chi connectivity index (χ2n) is 6.24. The second kappa shape index (κ2) is 7.13. The van der Waals surface area contributed by atoms with E-state index in [0.717, 1.165) is 11.2 Å². The molecular formula is C18H19N3O6S. The van der Waals surface area contributed by atoms with Crippen molar-refractivity contribution in [2.24, 2.45) is 7.05 Å². The highest BCUT2D eigenvalue weighted by Crippen LogP contribution is 2.29. The van der Waals surface area contributed by atoms with Gasteiger partial charge in [-0.05, 0) is 31.2 Å². The molecule has 0 aliphatic heterocycles. The van der Waals surface area contributed by atoms with Gasteiger partial charge in [0.15, 0.2) is 5.37 Å². The van der Waals surface area contributed by atoms with Crippen LogP contribution >= 0.6 is 0 Å². The fourth-order valence-corrected chi connectivity index (χ4v) is 4.21. The molecule has 1 N–H and O–H groups in total. The smallest absolute Gasteiger partial charge is 0.342 e. The highest BCUT2D eigenvalue weighted by Gasteiger charge is 2.35. The first-order chi connectivity index (χ1) is 13.1. The van der Waals surface area contributed by atoms with Gasteiger partial charge >= 0.3 is 5.63 Å². The van der Waals surface area contributed by atoms with Crippen LogP contribution in [0.15, 0.2) is 62.7 Å². The molecule has 28 heavy (non-hydrogen) atoms. The van der Waals surface area contributed by atoms with Crippen LogP contribution in [0.25, 0.3) is 5.69 Å². The van der Waals surface area contributed by atoms with E-state index < -0.39 is 26.7 Å². The third kappa shape index (κ3) is 3.27. The molecule has 1 aromatic carbocycles. The Balaban J connectivity index is 2.24. The zero-order valence-electron chi connectivity index (χ0n) is 15.4. The van der Waals surface area contributed by atoms with E-state index in [1.807, 2.05) is 0 Å². The first-order valence-electron chi connectivity index (χ1n) is 8.25. The van der Waals surface area contributed by atoms with Crippen LogP contribution in [-0.2, 0) is 17.2 Å². The Morgan fingerprint density at radius 3 is 2.32 bits per heavy atom. The Kier molecular flexibility index (Phi) is 5.01. The third-order valence-corrected chi connectivity index (χ3v) is 5.68. The molecule has 0 aliphatic carbocycles. The van der Waals surface area contributed by atoms with Gasteiger partial charge in [-0.15, -0.1) is 0 Å². The minimum atomic E-state index is -4.78. The van der Waals surface area contributed by atoms with Gasteiger partial charge in [0.05, 0.1) is 23.2 Å². The molecule has 0 saturated heterocycles. The summed E-state index contributed by atoms with van der Waals surface area (Å²) in [6.07, 6.45) is 1.10. The minimum Gasteiger partial charge on any atom is -0.431 e. The fourth-order valence-electron chi connectivity index (χ4n) is 3.21. The van der Waals surface area contributed by atoms with Gasteiger partial charge in [-0.3, -0.25) is 14.0 Å². The van der Waals surface area contributed by atoms with Gasteiger partial charge in [0, 0.05) is 14.1 Å². The molecule has 10 heteroatoms. The van der Waals surface area contributed by atoms with Gasteiger partial charge in [-0.1, -0.05) is 18.2 Å². The molecule has 0 saturated carbocycles. The van der Waals surface area contributed by atoms with Crippen molar-refractivity contribution in [3.8, 4) is 5.69 Å². The van der Waals surface area contributed by atoms with Crippen LogP contribution in [0.5, 0.6) is 0 Å². The third-order valence-electron chi connectivity index (χ3n) is 4.54. The van der Waals surface area contributed by atoms with E-state index in [1.54, 1.807) is 49.0 Å². The summed E-state index contributed by atoms with van der Waals surface area (Å²) in [6.45, 7) is 1.64. The summed E-state index contributed by atoms with van der Waals surface area (Å²) in [5, 5.41) is -1.80. The van der Waals surface area contributed by atoms with Crippen LogP contribution in [0.1, 0.15) is 16.6 Å². The zero-order chi connectivity index (χ0) is 20.6. The van der Waals surface area contributed by atoms with Crippen molar-refractivity contribution >= 4 is 15.8 Å². The quantitative estimate of drug-likeness (QED) is 0.639. The molecule has 9 nitrogen and oxygen atoms in total. The zero-order valence-corrected chi connectivity index (χ0v) is 16.3. The van der Waals surface area contributed by atoms with E-state index in [-0.39, 0.29) is 11.3 Å². The molecule has 3 rings (SSSR count). The molecule has 2 aromatic heterocycles. The standard InChI is InChI=1S/C18H19N3O6S/c1-12-15(16(22)21(20(12)3)13-8-5-4-6-9-13)19(2)17(28(24,25)26)14-10-7-11-27-18(14)23/h4-11,17H,1-3H3,(H,24,25,26). The average molecular weight is 405 g/mol. The molecular weight excluding hydrogens is 386 g/mol. The van der Waals surface area contributed by atoms with Crippen LogP contribution in [0.4, 0.5) is 5.69 Å². The number of para-hydroxylation sites is 1. The predicted octanol–water partition coefficient (Wildman–Crippen LogP) is 1.46. The Labute approximate surface area is 160 Å². The molecule has 0 bridgehead atoms. The summed E-state index contributed by atoms with van der Waals surface area (Å²) in [5.41, 5.74) is -0.666. The number of hydrogen-bond acceptors (Lipinski definition) is 6.